The Labute approximate surface area is 192 Å². The van der Waals surface area contributed by atoms with Crippen molar-refractivity contribution in [3.05, 3.63) is 35.9 Å². The first kappa shape index (κ1) is 27.6. The molecule has 0 radical (unpaired) electrons. The number of carbonyl (C=O) groups excluding carboxylic acids is 4. The minimum atomic E-state index is -1.25. The second-order valence-corrected chi connectivity index (χ2v) is 7.79. The Hall–Kier alpha value is -3.47. The molecule has 1 rings (SSSR count). The van der Waals surface area contributed by atoms with Crippen molar-refractivity contribution < 1.29 is 29.1 Å². The van der Waals surface area contributed by atoms with Crippen molar-refractivity contribution in [1.29, 1.82) is 0 Å². The van der Waals surface area contributed by atoms with Crippen LogP contribution >= 0.6 is 0 Å². The van der Waals surface area contributed by atoms with Crippen molar-refractivity contribution in [2.45, 2.75) is 57.7 Å². The maximum absolute atomic E-state index is 12.9. The second kappa shape index (κ2) is 13.8. The van der Waals surface area contributed by atoms with Gasteiger partial charge in [0, 0.05) is 12.8 Å². The summed E-state index contributed by atoms with van der Waals surface area (Å²) in [5.41, 5.74) is 11.2. The van der Waals surface area contributed by atoms with Gasteiger partial charge in [-0.25, -0.2) is 4.79 Å². The Morgan fingerprint density at radius 3 is 2.09 bits per heavy atom. The van der Waals surface area contributed by atoms with Crippen LogP contribution in [0, 0.1) is 5.92 Å². The van der Waals surface area contributed by atoms with E-state index in [0.717, 1.165) is 0 Å². The molecule has 0 saturated heterocycles. The summed E-state index contributed by atoms with van der Waals surface area (Å²) in [5.74, 6) is -4.17. The smallest absolute Gasteiger partial charge is 0.326 e. The van der Waals surface area contributed by atoms with Crippen molar-refractivity contribution in [3.8, 4) is 0 Å². The molecule has 0 aromatic heterocycles. The van der Waals surface area contributed by atoms with E-state index < -0.39 is 47.7 Å². The predicted molar refractivity (Wildman–Crippen MR) is 121 cm³/mol. The Morgan fingerprint density at radius 1 is 0.970 bits per heavy atom. The molecule has 0 heterocycles. The number of primary amides is 1. The molecule has 33 heavy (non-hydrogen) atoms. The molecule has 4 unspecified atom stereocenters. The average Bonchev–Trinajstić information content (AvgIpc) is 2.79. The molecule has 1 aromatic rings. The van der Waals surface area contributed by atoms with Crippen molar-refractivity contribution in [1.82, 2.24) is 16.0 Å². The topological polar surface area (TPSA) is 194 Å². The standard InChI is InChI=1S/C22H33N5O6/c1-3-13(2)19(27-18(29)12-23)21(31)25-15(9-10-17(24)28)20(30)26-16(22(32)33)11-14-7-5-4-6-8-14/h4-8,13,15-16,19H,3,9-12,23H2,1-2H3,(H2,24,28)(H,25,31)(H,26,30)(H,27,29)(H,32,33). The highest BCUT2D eigenvalue weighted by atomic mass is 16.4. The van der Waals surface area contributed by atoms with Crippen LogP contribution in [0.5, 0.6) is 0 Å². The molecule has 0 aliphatic heterocycles. The number of nitrogens with two attached hydrogens (primary N) is 2. The van der Waals surface area contributed by atoms with Gasteiger partial charge in [-0.05, 0) is 17.9 Å². The van der Waals surface area contributed by atoms with Gasteiger partial charge in [-0.15, -0.1) is 0 Å². The number of benzene rings is 1. The number of aliphatic carboxylic acids is 1. The van der Waals surface area contributed by atoms with Gasteiger partial charge < -0.3 is 32.5 Å². The number of amides is 4. The molecule has 4 amide bonds. The fourth-order valence-electron chi connectivity index (χ4n) is 3.07. The van der Waals surface area contributed by atoms with Gasteiger partial charge in [-0.1, -0.05) is 50.6 Å². The van der Waals surface area contributed by atoms with Gasteiger partial charge in [0.2, 0.25) is 23.6 Å². The third-order valence-electron chi connectivity index (χ3n) is 5.21. The van der Waals surface area contributed by atoms with Crippen LogP contribution < -0.4 is 27.4 Å². The third-order valence-corrected chi connectivity index (χ3v) is 5.21. The lowest BCUT2D eigenvalue weighted by molar-refractivity contribution is -0.142. The maximum atomic E-state index is 12.9. The highest BCUT2D eigenvalue weighted by Gasteiger charge is 2.31. The fourth-order valence-corrected chi connectivity index (χ4v) is 3.07. The minimum Gasteiger partial charge on any atom is -0.480 e. The van der Waals surface area contributed by atoms with E-state index in [-0.39, 0.29) is 31.7 Å². The van der Waals surface area contributed by atoms with Crippen LogP contribution in [0.2, 0.25) is 0 Å². The highest BCUT2D eigenvalue weighted by molar-refractivity contribution is 5.94. The van der Waals surface area contributed by atoms with Crippen LogP contribution in [-0.2, 0) is 30.4 Å². The molecule has 182 valence electrons. The molecule has 11 nitrogen and oxygen atoms in total. The van der Waals surface area contributed by atoms with Gasteiger partial charge in [-0.3, -0.25) is 19.2 Å². The van der Waals surface area contributed by atoms with E-state index in [2.05, 4.69) is 16.0 Å². The van der Waals surface area contributed by atoms with Gasteiger partial charge in [0.1, 0.15) is 18.1 Å². The van der Waals surface area contributed by atoms with E-state index >= 15 is 0 Å². The lowest BCUT2D eigenvalue weighted by Gasteiger charge is -2.27. The van der Waals surface area contributed by atoms with Crippen LogP contribution in [0.25, 0.3) is 0 Å². The van der Waals surface area contributed by atoms with E-state index in [9.17, 15) is 29.1 Å². The summed E-state index contributed by atoms with van der Waals surface area (Å²) >= 11 is 0. The van der Waals surface area contributed by atoms with Crippen molar-refractivity contribution in [2.75, 3.05) is 6.54 Å². The van der Waals surface area contributed by atoms with Gasteiger partial charge in [0.15, 0.2) is 0 Å². The molecular formula is C22H33N5O6. The first-order chi connectivity index (χ1) is 15.6. The number of rotatable bonds is 14. The predicted octanol–water partition coefficient (Wildman–Crippen LogP) is -0.962. The SMILES string of the molecule is CCC(C)C(NC(=O)CN)C(=O)NC(CCC(N)=O)C(=O)NC(Cc1ccccc1)C(=O)O. The quantitative estimate of drug-likeness (QED) is 0.204. The molecule has 0 spiro atoms. The lowest BCUT2D eigenvalue weighted by Crippen LogP contribution is -2.58. The van der Waals surface area contributed by atoms with Crippen molar-refractivity contribution >= 4 is 29.6 Å². The normalized spacial score (nSPS) is 14.3. The van der Waals surface area contributed by atoms with Crippen molar-refractivity contribution in [3.63, 3.8) is 0 Å². The van der Waals surface area contributed by atoms with Crippen molar-refractivity contribution in [2.24, 2.45) is 17.4 Å². The number of carboxylic acids is 1. The number of hydrogen-bond acceptors (Lipinski definition) is 6. The van der Waals surface area contributed by atoms with Gasteiger partial charge in [0.05, 0.1) is 6.54 Å². The largest absolute Gasteiger partial charge is 0.480 e. The second-order valence-electron chi connectivity index (χ2n) is 7.79. The summed E-state index contributed by atoms with van der Waals surface area (Å²) in [6.45, 7) is 3.27. The Morgan fingerprint density at radius 2 is 1.58 bits per heavy atom. The van der Waals surface area contributed by atoms with E-state index in [1.807, 2.05) is 6.92 Å². The zero-order chi connectivity index (χ0) is 25.0. The van der Waals surface area contributed by atoms with Gasteiger partial charge in [0.25, 0.3) is 0 Å². The number of nitrogens with one attached hydrogen (secondary N) is 3. The van der Waals surface area contributed by atoms with Crippen LogP contribution in [0.4, 0.5) is 0 Å². The zero-order valence-electron chi connectivity index (χ0n) is 18.9. The summed E-state index contributed by atoms with van der Waals surface area (Å²) in [5, 5.41) is 17.0. The summed E-state index contributed by atoms with van der Waals surface area (Å²) in [6.07, 6.45) is 0.236. The number of carboxylic acid groups (broad SMARTS) is 1. The molecule has 4 atom stereocenters. The summed E-state index contributed by atoms with van der Waals surface area (Å²) < 4.78 is 0. The zero-order valence-corrected chi connectivity index (χ0v) is 18.9. The molecule has 0 saturated carbocycles. The molecule has 0 fully saturated rings. The first-order valence-corrected chi connectivity index (χ1v) is 10.7. The first-order valence-electron chi connectivity index (χ1n) is 10.7. The molecule has 0 aliphatic carbocycles. The van der Waals surface area contributed by atoms with E-state index in [1.165, 1.54) is 0 Å². The van der Waals surface area contributed by atoms with E-state index in [0.29, 0.717) is 12.0 Å². The molecule has 1 aromatic carbocycles. The van der Waals surface area contributed by atoms with Crippen LogP contribution in [-0.4, -0.2) is 59.4 Å². The Bertz CT molecular complexity index is 832. The summed E-state index contributed by atoms with van der Waals surface area (Å²) in [6, 6.07) is 5.28. The third kappa shape index (κ3) is 9.69. The van der Waals surface area contributed by atoms with Crippen LogP contribution in [0.3, 0.4) is 0 Å². The van der Waals surface area contributed by atoms with Crippen LogP contribution in [0.1, 0.15) is 38.7 Å². The molecule has 11 heteroatoms. The maximum Gasteiger partial charge on any atom is 0.326 e. The number of carbonyl (C=O) groups is 5. The molecule has 0 aliphatic rings. The molecule has 8 N–H and O–H groups in total. The van der Waals surface area contributed by atoms with Gasteiger partial charge in [-0.2, -0.15) is 0 Å². The van der Waals surface area contributed by atoms with E-state index in [1.54, 1.807) is 37.3 Å². The highest BCUT2D eigenvalue weighted by Crippen LogP contribution is 2.10. The summed E-state index contributed by atoms with van der Waals surface area (Å²) in [4.78, 5) is 60.5. The van der Waals surface area contributed by atoms with Gasteiger partial charge >= 0.3 is 5.97 Å². The van der Waals surface area contributed by atoms with Crippen LogP contribution in [0.15, 0.2) is 30.3 Å². The monoisotopic (exact) mass is 463 g/mol. The number of hydrogen-bond donors (Lipinski definition) is 6. The minimum absolute atomic E-state index is 0.0282. The fraction of sp³-hybridized carbons (Fsp3) is 0.500. The molecule has 0 bridgehead atoms. The Kier molecular flexibility index (Phi) is 11.6. The summed E-state index contributed by atoms with van der Waals surface area (Å²) in [7, 11) is 0. The Balaban J connectivity index is 3.01. The molecular weight excluding hydrogens is 430 g/mol. The average molecular weight is 464 g/mol. The lowest BCUT2D eigenvalue weighted by atomic mass is 9.97. The van der Waals surface area contributed by atoms with E-state index in [4.69, 9.17) is 11.5 Å².